The molecule has 0 aliphatic carbocycles. The van der Waals surface area contributed by atoms with Gasteiger partial charge in [-0.15, -0.1) is 0 Å². The van der Waals surface area contributed by atoms with Crippen LogP contribution in [0.2, 0.25) is 0 Å². The number of anilines is 1. The number of aryl methyl sites for hydroxylation is 1. The highest BCUT2D eigenvalue weighted by molar-refractivity contribution is 5.49. The van der Waals surface area contributed by atoms with E-state index in [2.05, 4.69) is 15.3 Å². The van der Waals surface area contributed by atoms with Gasteiger partial charge >= 0.3 is 0 Å². The maximum atomic E-state index is 5.50. The Labute approximate surface area is 107 Å². The van der Waals surface area contributed by atoms with Crippen molar-refractivity contribution in [3.8, 4) is 5.75 Å². The van der Waals surface area contributed by atoms with Gasteiger partial charge in [0, 0.05) is 38.6 Å². The summed E-state index contributed by atoms with van der Waals surface area (Å²) in [7, 11) is 1.99. The van der Waals surface area contributed by atoms with Gasteiger partial charge in [0.05, 0.1) is 6.61 Å². The monoisotopic (exact) mass is 246 g/mol. The molecule has 2 heterocycles. The second kappa shape index (κ2) is 6.05. The molecule has 18 heavy (non-hydrogen) atoms. The van der Waals surface area contributed by atoms with Gasteiger partial charge in [-0.3, -0.25) is 0 Å². The molecule has 0 bridgehead atoms. The van der Waals surface area contributed by atoms with Crippen LogP contribution < -0.4 is 10.1 Å². The third-order valence-electron chi connectivity index (χ3n) is 2.63. The number of nitrogens with zero attached hydrogens (tertiary/aromatic N) is 3. The van der Waals surface area contributed by atoms with Crippen LogP contribution in [0.4, 0.5) is 5.82 Å². The van der Waals surface area contributed by atoms with Gasteiger partial charge in [-0.25, -0.2) is 9.97 Å². The van der Waals surface area contributed by atoms with E-state index in [1.165, 1.54) is 0 Å². The van der Waals surface area contributed by atoms with Crippen LogP contribution in [0, 0.1) is 0 Å². The molecule has 0 atom stereocenters. The zero-order valence-corrected chi connectivity index (χ0v) is 10.8. The fourth-order valence-corrected chi connectivity index (χ4v) is 1.73. The zero-order chi connectivity index (χ0) is 12.8. The number of pyridine rings is 1. The van der Waals surface area contributed by atoms with Gasteiger partial charge in [0.15, 0.2) is 11.6 Å². The van der Waals surface area contributed by atoms with Crippen LogP contribution in [0.25, 0.3) is 0 Å². The Morgan fingerprint density at radius 1 is 1.33 bits per heavy atom. The number of hydrogen-bond acceptors (Lipinski definition) is 4. The number of ether oxygens (including phenoxy) is 1. The molecule has 1 N–H and O–H groups in total. The summed E-state index contributed by atoms with van der Waals surface area (Å²) in [5.74, 6) is 2.63. The fraction of sp³-hybridized carbons (Fsp3) is 0.385. The van der Waals surface area contributed by atoms with Crippen LogP contribution in [-0.4, -0.2) is 27.7 Å². The number of rotatable bonds is 6. The van der Waals surface area contributed by atoms with Gasteiger partial charge in [0.2, 0.25) is 0 Å². The predicted octanol–water partition coefficient (Wildman–Crippen LogP) is 1.87. The number of aromatic nitrogens is 3. The lowest BCUT2D eigenvalue weighted by Gasteiger charge is -2.10. The van der Waals surface area contributed by atoms with Crippen molar-refractivity contribution >= 4 is 5.82 Å². The highest BCUT2D eigenvalue weighted by Gasteiger charge is 2.04. The molecule has 5 nitrogen and oxygen atoms in total. The van der Waals surface area contributed by atoms with Crippen molar-refractivity contribution < 1.29 is 4.74 Å². The molecule has 2 aromatic rings. The van der Waals surface area contributed by atoms with E-state index in [0.29, 0.717) is 6.61 Å². The SMILES string of the molecule is CCOc1cccnc1NCCc1nccn1C. The lowest BCUT2D eigenvalue weighted by atomic mass is 10.3. The van der Waals surface area contributed by atoms with Crippen molar-refractivity contribution in [2.24, 2.45) is 7.05 Å². The second-order valence-electron chi connectivity index (χ2n) is 3.91. The van der Waals surface area contributed by atoms with Crippen LogP contribution in [0.5, 0.6) is 5.75 Å². The molecule has 96 valence electrons. The summed E-state index contributed by atoms with van der Waals surface area (Å²) in [6.45, 7) is 3.38. The average Bonchev–Trinajstić information content (AvgIpc) is 2.78. The van der Waals surface area contributed by atoms with Crippen molar-refractivity contribution in [3.63, 3.8) is 0 Å². The van der Waals surface area contributed by atoms with Crippen LogP contribution in [0.15, 0.2) is 30.7 Å². The first kappa shape index (κ1) is 12.4. The summed E-state index contributed by atoms with van der Waals surface area (Å²) in [6.07, 6.45) is 6.36. The summed E-state index contributed by atoms with van der Waals surface area (Å²) in [6, 6.07) is 3.79. The Balaban J connectivity index is 1.92. The van der Waals surface area contributed by atoms with E-state index in [0.717, 1.165) is 30.4 Å². The Kier molecular flexibility index (Phi) is 4.17. The molecular weight excluding hydrogens is 228 g/mol. The van der Waals surface area contributed by atoms with E-state index in [1.807, 2.05) is 43.1 Å². The van der Waals surface area contributed by atoms with E-state index in [-0.39, 0.29) is 0 Å². The largest absolute Gasteiger partial charge is 0.490 e. The Morgan fingerprint density at radius 2 is 2.22 bits per heavy atom. The highest BCUT2D eigenvalue weighted by atomic mass is 16.5. The summed E-state index contributed by atoms with van der Waals surface area (Å²) in [5, 5.41) is 3.27. The van der Waals surface area contributed by atoms with Gasteiger partial charge in [-0.1, -0.05) is 0 Å². The van der Waals surface area contributed by atoms with Crippen molar-refractivity contribution in [3.05, 3.63) is 36.5 Å². The maximum absolute atomic E-state index is 5.50. The fourth-order valence-electron chi connectivity index (χ4n) is 1.73. The molecule has 0 fully saturated rings. The van der Waals surface area contributed by atoms with Gasteiger partial charge in [-0.2, -0.15) is 0 Å². The van der Waals surface area contributed by atoms with Crippen molar-refractivity contribution in [2.45, 2.75) is 13.3 Å². The first-order valence-corrected chi connectivity index (χ1v) is 6.09. The van der Waals surface area contributed by atoms with Crippen LogP contribution in [0.1, 0.15) is 12.7 Å². The van der Waals surface area contributed by atoms with Gasteiger partial charge < -0.3 is 14.6 Å². The quantitative estimate of drug-likeness (QED) is 0.845. The Bertz CT molecular complexity index is 495. The molecule has 0 aliphatic heterocycles. The van der Waals surface area contributed by atoms with Crippen LogP contribution in [-0.2, 0) is 13.5 Å². The minimum atomic E-state index is 0.639. The highest BCUT2D eigenvalue weighted by Crippen LogP contribution is 2.20. The van der Waals surface area contributed by atoms with E-state index in [9.17, 15) is 0 Å². The molecule has 0 spiro atoms. The van der Waals surface area contributed by atoms with Gasteiger partial charge in [0.1, 0.15) is 5.82 Å². The smallest absolute Gasteiger partial charge is 0.168 e. The standard InChI is InChI=1S/C13H18N4O/c1-3-18-11-5-4-7-15-13(11)16-8-6-12-14-9-10-17(12)2/h4-5,7,9-10H,3,6,8H2,1-2H3,(H,15,16). The van der Waals surface area contributed by atoms with Crippen molar-refractivity contribution in [1.82, 2.24) is 14.5 Å². The molecule has 0 amide bonds. The molecular formula is C13H18N4O. The first-order valence-electron chi connectivity index (χ1n) is 6.09. The maximum Gasteiger partial charge on any atom is 0.168 e. The molecule has 2 aromatic heterocycles. The molecule has 0 saturated heterocycles. The van der Waals surface area contributed by atoms with Crippen molar-refractivity contribution in [2.75, 3.05) is 18.5 Å². The number of nitrogens with one attached hydrogen (secondary N) is 1. The minimum absolute atomic E-state index is 0.639. The molecule has 5 heteroatoms. The molecule has 0 unspecified atom stereocenters. The second-order valence-corrected chi connectivity index (χ2v) is 3.91. The Morgan fingerprint density at radius 3 is 2.94 bits per heavy atom. The molecule has 0 aromatic carbocycles. The van der Waals surface area contributed by atoms with Gasteiger partial charge in [-0.05, 0) is 19.1 Å². The number of imidazole rings is 1. The molecule has 0 saturated carbocycles. The molecule has 0 aliphatic rings. The predicted molar refractivity (Wildman–Crippen MR) is 70.8 cm³/mol. The lowest BCUT2D eigenvalue weighted by molar-refractivity contribution is 0.340. The summed E-state index contributed by atoms with van der Waals surface area (Å²) < 4.78 is 7.52. The summed E-state index contributed by atoms with van der Waals surface area (Å²) >= 11 is 0. The van der Waals surface area contributed by atoms with Crippen LogP contribution >= 0.6 is 0 Å². The Hall–Kier alpha value is -2.04. The summed E-state index contributed by atoms with van der Waals surface area (Å²) in [4.78, 5) is 8.55. The third-order valence-corrected chi connectivity index (χ3v) is 2.63. The van der Waals surface area contributed by atoms with E-state index < -0.39 is 0 Å². The first-order chi connectivity index (χ1) is 8.81. The molecule has 0 radical (unpaired) electrons. The van der Waals surface area contributed by atoms with E-state index >= 15 is 0 Å². The normalized spacial score (nSPS) is 10.3. The number of hydrogen-bond donors (Lipinski definition) is 1. The van der Waals surface area contributed by atoms with E-state index in [4.69, 9.17) is 4.74 Å². The molecule has 2 rings (SSSR count). The zero-order valence-electron chi connectivity index (χ0n) is 10.8. The average molecular weight is 246 g/mol. The van der Waals surface area contributed by atoms with Gasteiger partial charge in [0.25, 0.3) is 0 Å². The van der Waals surface area contributed by atoms with Crippen molar-refractivity contribution in [1.29, 1.82) is 0 Å². The summed E-state index contributed by atoms with van der Waals surface area (Å²) in [5.41, 5.74) is 0. The third kappa shape index (κ3) is 3.00. The lowest BCUT2D eigenvalue weighted by Crippen LogP contribution is -2.10. The minimum Gasteiger partial charge on any atom is -0.490 e. The topological polar surface area (TPSA) is 52.0 Å². The van der Waals surface area contributed by atoms with E-state index in [1.54, 1.807) is 6.20 Å². The van der Waals surface area contributed by atoms with Crippen LogP contribution in [0.3, 0.4) is 0 Å².